The first-order valence-electron chi connectivity index (χ1n) is 12.5. The van der Waals surface area contributed by atoms with Crippen molar-refractivity contribution in [1.29, 1.82) is 0 Å². The third-order valence-electron chi connectivity index (χ3n) is 6.36. The highest BCUT2D eigenvalue weighted by molar-refractivity contribution is 5.80. The molecular weight excluding hydrogens is 418 g/mol. The molecule has 1 aliphatic heterocycles. The third kappa shape index (κ3) is 7.59. The van der Waals surface area contributed by atoms with Crippen molar-refractivity contribution in [2.75, 3.05) is 13.2 Å². The van der Waals surface area contributed by atoms with Gasteiger partial charge in [-0.2, -0.15) is 0 Å². The number of unbranched alkanes of at least 4 members (excludes halogenated alkanes) is 1. The van der Waals surface area contributed by atoms with Gasteiger partial charge >= 0.3 is 0 Å². The van der Waals surface area contributed by atoms with Crippen molar-refractivity contribution >= 4 is 5.71 Å². The number of allylic oxidation sites excluding steroid dienone is 2. The molecule has 0 aliphatic carbocycles. The van der Waals surface area contributed by atoms with Crippen molar-refractivity contribution < 1.29 is 4.74 Å². The molecule has 2 aromatic rings. The van der Waals surface area contributed by atoms with Crippen LogP contribution in [0.1, 0.15) is 69.7 Å². The monoisotopic (exact) mass is 459 g/mol. The molecule has 4 heteroatoms. The Bertz CT molecular complexity index is 1030. The van der Waals surface area contributed by atoms with Crippen LogP contribution in [0.15, 0.2) is 71.0 Å². The van der Waals surface area contributed by atoms with Crippen molar-refractivity contribution in [2.45, 2.75) is 73.5 Å². The van der Waals surface area contributed by atoms with Gasteiger partial charge in [0.25, 0.3) is 0 Å². The molecule has 0 radical (unpaired) electrons. The fourth-order valence-corrected chi connectivity index (χ4v) is 4.15. The molecule has 3 rings (SSSR count). The van der Waals surface area contributed by atoms with Crippen molar-refractivity contribution in [3.05, 3.63) is 88.3 Å². The second-order valence-electron chi connectivity index (χ2n) is 9.51. The molecule has 0 unspecified atom stereocenters. The van der Waals surface area contributed by atoms with E-state index in [1.54, 1.807) is 0 Å². The number of fused-ring (bicyclic) bond motifs is 1. The summed E-state index contributed by atoms with van der Waals surface area (Å²) in [7, 11) is 0. The molecule has 0 bridgehead atoms. The highest BCUT2D eigenvalue weighted by atomic mass is 16.5. The average Bonchev–Trinajstić information content (AvgIpc) is 2.82. The van der Waals surface area contributed by atoms with E-state index in [0.29, 0.717) is 0 Å². The highest BCUT2D eigenvalue weighted by Gasteiger charge is 2.17. The van der Waals surface area contributed by atoms with Gasteiger partial charge in [0.15, 0.2) is 0 Å². The summed E-state index contributed by atoms with van der Waals surface area (Å²) in [5, 5.41) is 3.44. The number of hydrogen-bond donors (Lipinski definition) is 1. The van der Waals surface area contributed by atoms with Crippen LogP contribution in [0, 0.1) is 0 Å². The number of hydrogen-bond acceptors (Lipinski definition) is 4. The van der Waals surface area contributed by atoms with Gasteiger partial charge in [-0.05, 0) is 80.5 Å². The molecular formula is C30H41N3O. The summed E-state index contributed by atoms with van der Waals surface area (Å²) < 4.78 is 5.89. The first kappa shape index (κ1) is 25.8. The van der Waals surface area contributed by atoms with E-state index in [4.69, 9.17) is 4.74 Å². The second-order valence-corrected chi connectivity index (χ2v) is 9.51. The fourth-order valence-electron chi connectivity index (χ4n) is 4.15. The van der Waals surface area contributed by atoms with Gasteiger partial charge in [-0.3, -0.25) is 9.89 Å². The lowest BCUT2D eigenvalue weighted by atomic mass is 9.99. The average molecular weight is 460 g/mol. The zero-order chi connectivity index (χ0) is 24.5. The summed E-state index contributed by atoms with van der Waals surface area (Å²) in [6, 6.07) is 15.5. The molecule has 1 aliphatic rings. The van der Waals surface area contributed by atoms with Crippen LogP contribution >= 0.6 is 0 Å². The van der Waals surface area contributed by atoms with E-state index in [-0.39, 0.29) is 0 Å². The number of ether oxygens (including phenoxy) is 1. The summed E-state index contributed by atoms with van der Waals surface area (Å²) in [5.41, 5.74) is 9.56. The van der Waals surface area contributed by atoms with E-state index < -0.39 is 0 Å². The highest BCUT2D eigenvalue weighted by Crippen LogP contribution is 2.25. The minimum atomic E-state index is 0.762. The molecule has 1 N–H and O–H groups in total. The van der Waals surface area contributed by atoms with Gasteiger partial charge in [0, 0.05) is 43.3 Å². The molecule has 0 spiro atoms. The fraction of sp³-hybridized carbons (Fsp3) is 0.433. The summed E-state index contributed by atoms with van der Waals surface area (Å²) in [5.74, 6) is 1.02. The Morgan fingerprint density at radius 3 is 2.47 bits per heavy atom. The first-order valence-corrected chi connectivity index (χ1v) is 12.5. The topological polar surface area (TPSA) is 36.9 Å². The van der Waals surface area contributed by atoms with E-state index in [1.807, 2.05) is 20.8 Å². The van der Waals surface area contributed by atoms with Crippen molar-refractivity contribution in [2.24, 2.45) is 4.99 Å². The van der Waals surface area contributed by atoms with E-state index in [2.05, 4.69) is 78.1 Å². The van der Waals surface area contributed by atoms with Gasteiger partial charge in [0.05, 0.1) is 6.61 Å². The van der Waals surface area contributed by atoms with Crippen LogP contribution in [0.3, 0.4) is 0 Å². The Morgan fingerprint density at radius 2 is 1.76 bits per heavy atom. The second kappa shape index (κ2) is 12.6. The SMILES string of the molecule is C=C(NCc1ccc(CN2CCc3cc(OCCCC)ccc3C2)cc1)/C(C)=C(\C)N=C(C)C. The molecule has 0 saturated carbocycles. The van der Waals surface area contributed by atoms with Crippen molar-refractivity contribution in [1.82, 2.24) is 10.2 Å². The van der Waals surface area contributed by atoms with Gasteiger partial charge in [0.2, 0.25) is 0 Å². The lowest BCUT2D eigenvalue weighted by molar-refractivity contribution is 0.244. The molecule has 0 saturated heterocycles. The van der Waals surface area contributed by atoms with Crippen molar-refractivity contribution in [3.63, 3.8) is 0 Å². The van der Waals surface area contributed by atoms with Crippen LogP contribution in [0.2, 0.25) is 0 Å². The Morgan fingerprint density at radius 1 is 1.03 bits per heavy atom. The Labute approximate surface area is 206 Å². The minimum Gasteiger partial charge on any atom is -0.494 e. The zero-order valence-electron chi connectivity index (χ0n) is 21.7. The Hall–Kier alpha value is -2.85. The van der Waals surface area contributed by atoms with E-state index in [0.717, 1.165) is 80.5 Å². The molecule has 2 aromatic carbocycles. The van der Waals surface area contributed by atoms with E-state index in [1.165, 1.54) is 22.3 Å². The molecule has 34 heavy (non-hydrogen) atoms. The van der Waals surface area contributed by atoms with E-state index in [9.17, 15) is 0 Å². The predicted octanol–water partition coefficient (Wildman–Crippen LogP) is 6.80. The maximum absolute atomic E-state index is 5.89. The molecule has 1 heterocycles. The predicted molar refractivity (Wildman–Crippen MR) is 144 cm³/mol. The van der Waals surface area contributed by atoms with Gasteiger partial charge in [-0.25, -0.2) is 0 Å². The Kier molecular flexibility index (Phi) is 9.52. The molecule has 0 atom stereocenters. The maximum atomic E-state index is 5.89. The number of nitrogens with one attached hydrogen (secondary N) is 1. The van der Waals surface area contributed by atoms with Crippen LogP contribution in [0.25, 0.3) is 0 Å². The van der Waals surface area contributed by atoms with Crippen LogP contribution in [0.5, 0.6) is 5.75 Å². The molecule has 182 valence electrons. The largest absolute Gasteiger partial charge is 0.494 e. The summed E-state index contributed by atoms with van der Waals surface area (Å²) >= 11 is 0. The molecule has 4 nitrogen and oxygen atoms in total. The first-order chi connectivity index (χ1) is 16.4. The maximum Gasteiger partial charge on any atom is 0.119 e. The number of aliphatic imine (C=N–C) groups is 1. The van der Waals surface area contributed by atoms with Gasteiger partial charge in [-0.15, -0.1) is 0 Å². The van der Waals surface area contributed by atoms with Gasteiger partial charge < -0.3 is 10.1 Å². The zero-order valence-corrected chi connectivity index (χ0v) is 21.7. The third-order valence-corrected chi connectivity index (χ3v) is 6.36. The molecule has 0 amide bonds. The smallest absolute Gasteiger partial charge is 0.119 e. The lowest BCUT2D eigenvalue weighted by Gasteiger charge is -2.29. The van der Waals surface area contributed by atoms with E-state index >= 15 is 0 Å². The molecule has 0 fully saturated rings. The standard InChI is InChI=1S/C30H41N3O/c1-7-8-17-34-30-14-13-29-21-33(16-15-28(29)18-30)20-27-11-9-26(10-12-27)19-31-24(5)23(4)25(6)32-22(2)3/h9-14,18,31H,5,7-8,15-17,19-21H2,1-4,6H3/b25-23+. The molecule has 0 aromatic heterocycles. The number of benzene rings is 2. The van der Waals surface area contributed by atoms with Crippen LogP contribution in [0.4, 0.5) is 0 Å². The van der Waals surface area contributed by atoms with Crippen LogP contribution in [-0.2, 0) is 26.1 Å². The normalized spacial score (nSPS) is 14.1. The number of rotatable bonds is 11. The Balaban J connectivity index is 1.50. The quantitative estimate of drug-likeness (QED) is 0.228. The summed E-state index contributed by atoms with van der Waals surface area (Å²) in [4.78, 5) is 7.07. The minimum absolute atomic E-state index is 0.762. The van der Waals surface area contributed by atoms with Crippen molar-refractivity contribution in [3.8, 4) is 5.75 Å². The van der Waals surface area contributed by atoms with Gasteiger partial charge in [-0.1, -0.05) is 50.3 Å². The van der Waals surface area contributed by atoms with Gasteiger partial charge in [0.1, 0.15) is 5.75 Å². The van der Waals surface area contributed by atoms with Crippen LogP contribution < -0.4 is 10.1 Å². The summed E-state index contributed by atoms with van der Waals surface area (Å²) in [6.07, 6.45) is 3.36. The van der Waals surface area contributed by atoms with Crippen LogP contribution in [-0.4, -0.2) is 23.8 Å². The summed E-state index contributed by atoms with van der Waals surface area (Å²) in [6.45, 7) is 19.1. The number of nitrogens with zero attached hydrogens (tertiary/aromatic N) is 2. The lowest BCUT2D eigenvalue weighted by Crippen LogP contribution is -2.30.